The van der Waals surface area contributed by atoms with Crippen LogP contribution in [0.3, 0.4) is 0 Å². The van der Waals surface area contributed by atoms with E-state index in [-0.39, 0.29) is 5.54 Å². The summed E-state index contributed by atoms with van der Waals surface area (Å²) in [5.74, 6) is 0. The Morgan fingerprint density at radius 3 is 2.35 bits per heavy atom. The second-order valence-corrected chi connectivity index (χ2v) is 5.50. The molecule has 1 saturated heterocycles. The molecule has 3 rings (SSSR count). The molecule has 0 radical (unpaired) electrons. The maximum atomic E-state index is 4.68. The molecule has 2 heterocycles. The highest BCUT2D eigenvalue weighted by Crippen LogP contribution is 2.42. The van der Waals surface area contributed by atoms with Gasteiger partial charge in [0, 0.05) is 6.20 Å². The smallest absolute Gasteiger partial charge is 0.0633 e. The molecule has 0 unspecified atom stereocenters. The quantitative estimate of drug-likeness (QED) is 0.774. The van der Waals surface area contributed by atoms with E-state index < -0.39 is 0 Å². The van der Waals surface area contributed by atoms with Crippen LogP contribution in [0.25, 0.3) is 0 Å². The molecule has 0 atom stereocenters. The zero-order valence-electron chi connectivity index (χ0n) is 10.6. The second kappa shape index (κ2) is 4.77. The van der Waals surface area contributed by atoms with Gasteiger partial charge in [0.25, 0.3) is 0 Å². The Labute approximate surface area is 104 Å². The molecule has 17 heavy (non-hydrogen) atoms. The number of hydrogen-bond donors (Lipinski definition) is 0. The highest BCUT2D eigenvalue weighted by Gasteiger charge is 2.41. The molecule has 1 aliphatic carbocycles. The van der Waals surface area contributed by atoms with Gasteiger partial charge in [0.15, 0.2) is 0 Å². The molecule has 1 aromatic heterocycles. The van der Waals surface area contributed by atoms with Crippen molar-refractivity contribution in [3.8, 4) is 0 Å². The number of likely N-dealkylation sites (tertiary alicyclic amines) is 1. The monoisotopic (exact) mass is 230 g/mol. The molecular weight excluding hydrogens is 208 g/mol. The Hall–Kier alpha value is -0.890. The molecule has 1 saturated carbocycles. The number of rotatable bonds is 2. The topological polar surface area (TPSA) is 16.1 Å². The van der Waals surface area contributed by atoms with Crippen molar-refractivity contribution in [3.05, 3.63) is 30.1 Å². The van der Waals surface area contributed by atoms with E-state index in [9.17, 15) is 0 Å². The minimum atomic E-state index is 0.274. The molecule has 0 bridgehead atoms. The van der Waals surface area contributed by atoms with E-state index in [0.29, 0.717) is 0 Å². The number of aromatic nitrogens is 1. The van der Waals surface area contributed by atoms with Crippen LogP contribution < -0.4 is 0 Å². The summed E-state index contributed by atoms with van der Waals surface area (Å²) >= 11 is 0. The van der Waals surface area contributed by atoms with Crippen molar-refractivity contribution in [2.45, 2.75) is 50.5 Å². The number of hydrogen-bond acceptors (Lipinski definition) is 2. The molecule has 0 N–H and O–H groups in total. The van der Waals surface area contributed by atoms with E-state index >= 15 is 0 Å². The molecule has 2 nitrogen and oxygen atoms in total. The van der Waals surface area contributed by atoms with Crippen molar-refractivity contribution < 1.29 is 0 Å². The van der Waals surface area contributed by atoms with Crippen LogP contribution in [0, 0.1) is 0 Å². The zero-order chi connectivity index (χ0) is 11.6. The predicted molar refractivity (Wildman–Crippen MR) is 69.8 cm³/mol. The van der Waals surface area contributed by atoms with Crippen LogP contribution in [0.4, 0.5) is 0 Å². The van der Waals surface area contributed by atoms with Crippen LogP contribution in [0.15, 0.2) is 24.4 Å². The largest absolute Gasteiger partial charge is 0.292 e. The Balaban J connectivity index is 1.95. The fourth-order valence-electron chi connectivity index (χ4n) is 3.65. The maximum absolute atomic E-state index is 4.68. The Bertz CT molecular complexity index is 348. The third kappa shape index (κ3) is 1.99. The normalized spacial score (nSPS) is 24.9. The maximum Gasteiger partial charge on any atom is 0.0633 e. The van der Waals surface area contributed by atoms with Crippen LogP contribution >= 0.6 is 0 Å². The lowest BCUT2D eigenvalue weighted by Gasteiger charge is -2.44. The van der Waals surface area contributed by atoms with Gasteiger partial charge >= 0.3 is 0 Å². The summed E-state index contributed by atoms with van der Waals surface area (Å²) in [4.78, 5) is 7.39. The average Bonchev–Trinajstić information content (AvgIpc) is 2.95. The average molecular weight is 230 g/mol. The van der Waals surface area contributed by atoms with Crippen LogP contribution in [0.2, 0.25) is 0 Å². The van der Waals surface area contributed by atoms with Crippen molar-refractivity contribution in [1.82, 2.24) is 9.88 Å². The third-order valence-electron chi connectivity index (χ3n) is 4.53. The van der Waals surface area contributed by atoms with Crippen molar-refractivity contribution in [1.29, 1.82) is 0 Å². The lowest BCUT2D eigenvalue weighted by atomic mass is 9.77. The van der Waals surface area contributed by atoms with Crippen LogP contribution in [0.5, 0.6) is 0 Å². The van der Waals surface area contributed by atoms with Crippen molar-refractivity contribution in [2.75, 3.05) is 13.1 Å². The first-order chi connectivity index (χ1) is 8.42. The van der Waals surface area contributed by atoms with Gasteiger partial charge in [-0.15, -0.1) is 0 Å². The van der Waals surface area contributed by atoms with E-state index in [1.165, 1.54) is 63.7 Å². The molecule has 1 aromatic rings. The summed E-state index contributed by atoms with van der Waals surface area (Å²) in [5, 5.41) is 0. The molecule has 2 heteroatoms. The minimum absolute atomic E-state index is 0.274. The Morgan fingerprint density at radius 2 is 1.71 bits per heavy atom. The fourth-order valence-corrected chi connectivity index (χ4v) is 3.65. The highest BCUT2D eigenvalue weighted by atomic mass is 15.2. The fraction of sp³-hybridized carbons (Fsp3) is 0.667. The van der Waals surface area contributed by atoms with Crippen molar-refractivity contribution in [2.24, 2.45) is 0 Å². The number of pyridine rings is 1. The van der Waals surface area contributed by atoms with Crippen molar-refractivity contribution in [3.63, 3.8) is 0 Å². The summed E-state index contributed by atoms with van der Waals surface area (Å²) in [7, 11) is 0. The second-order valence-electron chi connectivity index (χ2n) is 5.50. The molecular formula is C15H22N2. The van der Waals surface area contributed by atoms with Gasteiger partial charge in [0.1, 0.15) is 0 Å². The first kappa shape index (κ1) is 11.2. The SMILES string of the molecule is c1ccc(C2(N3CCCC3)CCCCC2)nc1. The molecule has 0 amide bonds. The zero-order valence-corrected chi connectivity index (χ0v) is 10.6. The molecule has 2 aliphatic rings. The Morgan fingerprint density at radius 1 is 0.941 bits per heavy atom. The summed E-state index contributed by atoms with van der Waals surface area (Å²) in [5.41, 5.74) is 1.59. The lowest BCUT2D eigenvalue weighted by molar-refractivity contribution is 0.0664. The van der Waals surface area contributed by atoms with E-state index in [4.69, 9.17) is 0 Å². The summed E-state index contributed by atoms with van der Waals surface area (Å²) in [6, 6.07) is 6.42. The van der Waals surface area contributed by atoms with Gasteiger partial charge in [-0.25, -0.2) is 0 Å². The molecule has 92 valence electrons. The van der Waals surface area contributed by atoms with Gasteiger partial charge in [0.05, 0.1) is 11.2 Å². The summed E-state index contributed by atoms with van der Waals surface area (Å²) < 4.78 is 0. The van der Waals surface area contributed by atoms with Gasteiger partial charge < -0.3 is 0 Å². The summed E-state index contributed by atoms with van der Waals surface area (Å²) in [6.45, 7) is 2.55. The molecule has 0 aromatic carbocycles. The standard InChI is InChI=1S/C15H22N2/c1-3-9-15(10-4-1,17-12-6-7-13-17)14-8-2-5-11-16-14/h2,5,8,11H,1,3-4,6-7,9-10,12-13H2. The van der Waals surface area contributed by atoms with Gasteiger partial charge in [-0.1, -0.05) is 25.3 Å². The lowest BCUT2D eigenvalue weighted by Crippen LogP contribution is -2.46. The van der Waals surface area contributed by atoms with Gasteiger partial charge in [0.2, 0.25) is 0 Å². The van der Waals surface area contributed by atoms with E-state index in [2.05, 4.69) is 22.0 Å². The molecule has 0 spiro atoms. The van der Waals surface area contributed by atoms with Crippen LogP contribution in [-0.2, 0) is 5.54 Å². The van der Waals surface area contributed by atoms with E-state index in [1.54, 1.807) is 0 Å². The molecule has 2 fully saturated rings. The first-order valence-corrected chi connectivity index (χ1v) is 7.08. The van der Waals surface area contributed by atoms with Gasteiger partial charge in [-0.2, -0.15) is 0 Å². The van der Waals surface area contributed by atoms with Crippen LogP contribution in [-0.4, -0.2) is 23.0 Å². The highest BCUT2D eigenvalue weighted by molar-refractivity contribution is 5.17. The van der Waals surface area contributed by atoms with Gasteiger partial charge in [-0.3, -0.25) is 9.88 Å². The number of nitrogens with zero attached hydrogens (tertiary/aromatic N) is 2. The first-order valence-electron chi connectivity index (χ1n) is 7.08. The van der Waals surface area contributed by atoms with Crippen LogP contribution in [0.1, 0.15) is 50.6 Å². The summed E-state index contributed by atoms with van der Waals surface area (Å²) in [6.07, 6.45) is 11.5. The molecule has 1 aliphatic heterocycles. The van der Waals surface area contributed by atoms with Gasteiger partial charge in [-0.05, 0) is 50.9 Å². The Kier molecular flexibility index (Phi) is 3.15. The van der Waals surface area contributed by atoms with Crippen molar-refractivity contribution >= 4 is 0 Å². The van der Waals surface area contributed by atoms with E-state index in [1.807, 2.05) is 12.3 Å². The minimum Gasteiger partial charge on any atom is -0.292 e. The third-order valence-corrected chi connectivity index (χ3v) is 4.53. The predicted octanol–water partition coefficient (Wildman–Crippen LogP) is 3.34. The van der Waals surface area contributed by atoms with E-state index in [0.717, 1.165) is 0 Å².